The van der Waals surface area contributed by atoms with E-state index in [4.69, 9.17) is 11.5 Å². The van der Waals surface area contributed by atoms with Gasteiger partial charge in [0.1, 0.15) is 5.75 Å². The number of alkyl halides is 3. The number of likely N-dealkylation sites (tertiary alicyclic amines) is 1. The minimum atomic E-state index is -4.70. The Morgan fingerprint density at radius 3 is 2.15 bits per heavy atom. The van der Waals surface area contributed by atoms with Crippen LogP contribution in [0.15, 0.2) is 34.3 Å². The number of aliphatic imine (C=N–C) groups is 2. The van der Waals surface area contributed by atoms with Gasteiger partial charge in [0.05, 0.1) is 6.54 Å². The zero-order chi connectivity index (χ0) is 17.6. The Kier molecular flexibility index (Phi) is 10.2. The molecule has 0 aliphatic carbocycles. The molecule has 1 aliphatic heterocycles. The third-order valence-electron chi connectivity index (χ3n) is 3.49. The number of hydrogen-bond acceptors (Lipinski definition) is 2. The number of benzene rings is 1. The Bertz CT molecular complexity index is 602. The summed E-state index contributed by atoms with van der Waals surface area (Å²) in [5, 5.41) is 0. The highest BCUT2D eigenvalue weighted by molar-refractivity contribution is 5.93. The molecule has 0 unspecified atom stereocenters. The number of ether oxygens (including phenoxy) is 1. The lowest BCUT2D eigenvalue weighted by Gasteiger charge is -2.27. The first kappa shape index (κ1) is 24.1. The summed E-state index contributed by atoms with van der Waals surface area (Å²) in [6, 6.07) is 5.41. The lowest BCUT2D eigenvalue weighted by atomic mass is 10.1. The van der Waals surface area contributed by atoms with Crippen LogP contribution in [0.25, 0.3) is 0 Å². The number of nitrogens with two attached hydrogens (primary N) is 2. The highest BCUT2D eigenvalue weighted by atomic mass is 35.5. The molecule has 1 saturated heterocycles. The van der Waals surface area contributed by atoms with Gasteiger partial charge in [-0.15, -0.1) is 38.0 Å². The average Bonchev–Trinajstić information content (AvgIpc) is 2.53. The van der Waals surface area contributed by atoms with Crippen molar-refractivity contribution in [2.24, 2.45) is 21.5 Å². The maximum Gasteiger partial charge on any atom is 0.573 e. The minimum Gasteiger partial charge on any atom is -0.406 e. The summed E-state index contributed by atoms with van der Waals surface area (Å²) in [7, 11) is 0. The van der Waals surface area contributed by atoms with Crippen LogP contribution in [0, 0.1) is 0 Å². The summed E-state index contributed by atoms with van der Waals surface area (Å²) in [4.78, 5) is 10.1. The van der Waals surface area contributed by atoms with Crippen molar-refractivity contribution in [3.63, 3.8) is 0 Å². The van der Waals surface area contributed by atoms with Crippen LogP contribution in [0.3, 0.4) is 0 Å². The van der Waals surface area contributed by atoms with Gasteiger partial charge in [-0.05, 0) is 37.0 Å². The van der Waals surface area contributed by atoms with E-state index in [1.807, 2.05) is 4.90 Å². The lowest BCUT2D eigenvalue weighted by Crippen LogP contribution is -2.41. The molecule has 0 aromatic heterocycles. The third kappa shape index (κ3) is 8.48. The molecule has 1 aromatic rings. The van der Waals surface area contributed by atoms with Crippen LogP contribution in [-0.2, 0) is 6.54 Å². The molecule has 1 aliphatic rings. The second kappa shape index (κ2) is 11.0. The van der Waals surface area contributed by atoms with Gasteiger partial charge in [-0.25, -0.2) is 4.99 Å². The fourth-order valence-corrected chi connectivity index (χ4v) is 2.32. The molecule has 148 valence electrons. The van der Waals surface area contributed by atoms with Crippen molar-refractivity contribution in [2.75, 3.05) is 13.1 Å². The van der Waals surface area contributed by atoms with Crippen molar-refractivity contribution in [3.8, 4) is 5.75 Å². The summed E-state index contributed by atoms with van der Waals surface area (Å²) in [6.45, 7) is 1.89. The normalized spacial score (nSPS) is 15.7. The van der Waals surface area contributed by atoms with Gasteiger partial charge in [-0.3, -0.25) is 0 Å². The molecule has 1 fully saturated rings. The fourth-order valence-electron chi connectivity index (χ4n) is 2.32. The fraction of sp³-hybridized carbons (Fsp3) is 0.467. The monoisotopic (exact) mass is 415 g/mol. The zero-order valence-corrected chi connectivity index (χ0v) is 15.5. The molecule has 11 heteroatoms. The first-order valence-electron chi connectivity index (χ1n) is 7.57. The van der Waals surface area contributed by atoms with Crippen molar-refractivity contribution in [1.29, 1.82) is 0 Å². The molecule has 6 nitrogen and oxygen atoms in total. The molecule has 2 rings (SSSR count). The second-order valence-electron chi connectivity index (χ2n) is 5.38. The van der Waals surface area contributed by atoms with E-state index in [1.54, 1.807) is 0 Å². The Labute approximate surface area is 162 Å². The molecule has 0 spiro atoms. The van der Waals surface area contributed by atoms with Crippen LogP contribution < -0.4 is 16.2 Å². The van der Waals surface area contributed by atoms with Gasteiger partial charge in [0.15, 0.2) is 5.96 Å². The largest absolute Gasteiger partial charge is 0.573 e. The van der Waals surface area contributed by atoms with E-state index in [2.05, 4.69) is 14.7 Å². The first-order chi connectivity index (χ1) is 11.3. The van der Waals surface area contributed by atoms with Gasteiger partial charge in [-0.1, -0.05) is 12.1 Å². The molecule has 0 bridgehead atoms. The van der Waals surface area contributed by atoms with Crippen molar-refractivity contribution >= 4 is 36.7 Å². The average molecular weight is 416 g/mol. The van der Waals surface area contributed by atoms with Crippen molar-refractivity contribution < 1.29 is 17.9 Å². The van der Waals surface area contributed by atoms with E-state index >= 15 is 0 Å². The van der Waals surface area contributed by atoms with E-state index in [9.17, 15) is 13.2 Å². The van der Waals surface area contributed by atoms with E-state index in [0.29, 0.717) is 11.5 Å². The van der Waals surface area contributed by atoms with Gasteiger partial charge >= 0.3 is 6.36 Å². The van der Waals surface area contributed by atoms with Crippen LogP contribution in [0.1, 0.15) is 24.8 Å². The number of guanidine groups is 2. The van der Waals surface area contributed by atoms with Crippen LogP contribution in [0.2, 0.25) is 0 Å². The molecule has 1 aromatic carbocycles. The summed E-state index contributed by atoms with van der Waals surface area (Å²) in [6.07, 6.45) is -1.38. The molecule has 0 saturated carbocycles. The summed E-state index contributed by atoms with van der Waals surface area (Å²) < 4.78 is 40.0. The van der Waals surface area contributed by atoms with E-state index in [1.165, 1.54) is 30.7 Å². The Balaban J connectivity index is 0.00000312. The Hall–Kier alpha value is -1.87. The molecule has 0 atom stereocenters. The maximum atomic E-state index is 12.1. The smallest absolute Gasteiger partial charge is 0.406 e. The van der Waals surface area contributed by atoms with Crippen LogP contribution >= 0.6 is 24.8 Å². The van der Waals surface area contributed by atoms with Crippen LogP contribution in [-0.4, -0.2) is 36.3 Å². The second-order valence-corrected chi connectivity index (χ2v) is 5.38. The van der Waals surface area contributed by atoms with Crippen LogP contribution in [0.5, 0.6) is 5.75 Å². The number of piperidine rings is 1. The predicted molar refractivity (Wildman–Crippen MR) is 100.0 cm³/mol. The van der Waals surface area contributed by atoms with Crippen molar-refractivity contribution in [2.45, 2.75) is 32.2 Å². The van der Waals surface area contributed by atoms with Gasteiger partial charge in [0.2, 0.25) is 5.96 Å². The molecule has 1 heterocycles. The summed E-state index contributed by atoms with van der Waals surface area (Å²) in [5.41, 5.74) is 12.3. The quantitative estimate of drug-likeness (QED) is 0.586. The minimum absolute atomic E-state index is 0. The molecule has 4 N–H and O–H groups in total. The SMILES string of the molecule is Cl.Cl.NC(=NCc1ccc(OC(F)(F)F)cc1)/N=C(/N)N1CCCCC1. The van der Waals surface area contributed by atoms with Crippen molar-refractivity contribution in [1.82, 2.24) is 4.90 Å². The number of hydrogen-bond donors (Lipinski definition) is 2. The molecular formula is C15H22Cl2F3N5O. The molecule has 0 radical (unpaired) electrons. The van der Waals surface area contributed by atoms with Gasteiger partial charge in [0, 0.05) is 13.1 Å². The van der Waals surface area contributed by atoms with E-state index in [-0.39, 0.29) is 43.1 Å². The third-order valence-corrected chi connectivity index (χ3v) is 3.49. The first-order valence-corrected chi connectivity index (χ1v) is 7.57. The maximum absolute atomic E-state index is 12.1. The highest BCUT2D eigenvalue weighted by Crippen LogP contribution is 2.22. The topological polar surface area (TPSA) is 89.2 Å². The zero-order valence-electron chi connectivity index (χ0n) is 13.9. The van der Waals surface area contributed by atoms with Crippen LogP contribution in [0.4, 0.5) is 13.2 Å². The predicted octanol–water partition coefficient (Wildman–Crippen LogP) is 3.04. The van der Waals surface area contributed by atoms with E-state index in [0.717, 1.165) is 25.9 Å². The van der Waals surface area contributed by atoms with E-state index < -0.39 is 6.36 Å². The Morgan fingerprint density at radius 2 is 1.62 bits per heavy atom. The highest BCUT2D eigenvalue weighted by Gasteiger charge is 2.30. The number of rotatable bonds is 3. The van der Waals surface area contributed by atoms with Gasteiger partial charge < -0.3 is 21.1 Å². The lowest BCUT2D eigenvalue weighted by molar-refractivity contribution is -0.274. The molecule has 26 heavy (non-hydrogen) atoms. The van der Waals surface area contributed by atoms with Gasteiger partial charge in [0.25, 0.3) is 0 Å². The van der Waals surface area contributed by atoms with Gasteiger partial charge in [-0.2, -0.15) is 4.99 Å². The number of nitrogens with zero attached hydrogens (tertiary/aromatic N) is 3. The summed E-state index contributed by atoms with van der Waals surface area (Å²) >= 11 is 0. The van der Waals surface area contributed by atoms with Crippen molar-refractivity contribution in [3.05, 3.63) is 29.8 Å². The molecule has 0 amide bonds. The Morgan fingerprint density at radius 1 is 1.04 bits per heavy atom. The summed E-state index contributed by atoms with van der Waals surface area (Å²) in [5.74, 6) is 0.0918. The standard InChI is InChI=1S/C15H20F3N5O.2ClH/c16-15(17,18)24-12-6-4-11(5-7-12)10-21-13(19)22-14(20)23-8-2-1-3-9-23;;/h4-7H,1-3,8-10H2,(H4,19,20,21,22);2*1H. The number of halogens is 5. The molecular weight excluding hydrogens is 394 g/mol.